The van der Waals surface area contributed by atoms with Gasteiger partial charge in [0.05, 0.1) is 6.54 Å². The van der Waals surface area contributed by atoms with Crippen molar-refractivity contribution in [2.75, 3.05) is 0 Å². The van der Waals surface area contributed by atoms with Gasteiger partial charge in [0.1, 0.15) is 17.1 Å². The molecule has 4 nitrogen and oxygen atoms in total. The number of pyridine rings is 1. The highest BCUT2D eigenvalue weighted by Gasteiger charge is 2.11. The Morgan fingerprint density at radius 1 is 0.913 bits per heavy atom. The SMILES string of the molecule is O=Cc1c(Oc2ccccc2)ccn(Cc2ccccc2)c1=O. The van der Waals surface area contributed by atoms with Crippen LogP contribution in [-0.4, -0.2) is 10.9 Å². The van der Waals surface area contributed by atoms with E-state index in [2.05, 4.69) is 0 Å². The molecular formula is C19H15NO3. The van der Waals surface area contributed by atoms with E-state index in [-0.39, 0.29) is 16.9 Å². The average Bonchev–Trinajstić information content (AvgIpc) is 2.59. The van der Waals surface area contributed by atoms with Gasteiger partial charge in [-0.25, -0.2) is 0 Å². The standard InChI is InChI=1S/C19H15NO3/c21-14-17-18(23-16-9-5-2-6-10-16)11-12-20(19(17)22)13-15-7-3-1-4-8-15/h1-12,14H,13H2. The molecule has 1 heterocycles. The summed E-state index contributed by atoms with van der Waals surface area (Å²) in [6, 6.07) is 20.3. The molecule has 0 saturated carbocycles. The number of aldehydes is 1. The highest BCUT2D eigenvalue weighted by atomic mass is 16.5. The maximum atomic E-state index is 12.5. The summed E-state index contributed by atoms with van der Waals surface area (Å²) >= 11 is 0. The minimum atomic E-state index is -0.364. The van der Waals surface area contributed by atoms with Crippen molar-refractivity contribution in [2.24, 2.45) is 0 Å². The largest absolute Gasteiger partial charge is 0.456 e. The van der Waals surface area contributed by atoms with E-state index < -0.39 is 0 Å². The Bertz CT molecular complexity index is 855. The molecule has 2 aromatic carbocycles. The molecule has 1 aromatic heterocycles. The quantitative estimate of drug-likeness (QED) is 0.678. The van der Waals surface area contributed by atoms with Gasteiger partial charge < -0.3 is 9.30 Å². The van der Waals surface area contributed by atoms with E-state index in [4.69, 9.17) is 4.74 Å². The van der Waals surface area contributed by atoms with Crippen LogP contribution in [0.4, 0.5) is 0 Å². The van der Waals surface area contributed by atoms with Gasteiger partial charge in [-0.2, -0.15) is 0 Å². The van der Waals surface area contributed by atoms with E-state index in [0.717, 1.165) is 5.56 Å². The van der Waals surface area contributed by atoms with E-state index in [0.29, 0.717) is 18.6 Å². The van der Waals surface area contributed by atoms with Crippen molar-refractivity contribution in [3.05, 3.63) is 94.4 Å². The Labute approximate surface area is 133 Å². The van der Waals surface area contributed by atoms with Gasteiger partial charge in [0, 0.05) is 6.20 Å². The first kappa shape index (κ1) is 14.8. The summed E-state index contributed by atoms with van der Waals surface area (Å²) < 4.78 is 7.14. The summed E-state index contributed by atoms with van der Waals surface area (Å²) in [5.74, 6) is 0.844. The monoisotopic (exact) mass is 305 g/mol. The minimum absolute atomic E-state index is 0.0206. The zero-order valence-electron chi connectivity index (χ0n) is 12.4. The molecule has 0 aliphatic carbocycles. The Kier molecular flexibility index (Phi) is 4.34. The Morgan fingerprint density at radius 3 is 2.22 bits per heavy atom. The van der Waals surface area contributed by atoms with E-state index in [1.165, 1.54) is 4.57 Å². The number of aromatic nitrogens is 1. The molecule has 0 saturated heterocycles. The van der Waals surface area contributed by atoms with Crippen molar-refractivity contribution in [3.8, 4) is 11.5 Å². The Hall–Kier alpha value is -3.14. The summed E-state index contributed by atoms with van der Waals surface area (Å²) in [5.41, 5.74) is 0.646. The first-order chi connectivity index (χ1) is 11.3. The molecule has 0 spiro atoms. The van der Waals surface area contributed by atoms with Crippen LogP contribution in [0, 0.1) is 0 Å². The van der Waals surface area contributed by atoms with Gasteiger partial charge in [0.15, 0.2) is 6.29 Å². The van der Waals surface area contributed by atoms with Gasteiger partial charge in [0.2, 0.25) is 0 Å². The minimum Gasteiger partial charge on any atom is -0.456 e. The van der Waals surface area contributed by atoms with Gasteiger partial charge in [-0.1, -0.05) is 48.5 Å². The van der Waals surface area contributed by atoms with Gasteiger partial charge in [-0.05, 0) is 23.8 Å². The number of para-hydroxylation sites is 1. The molecule has 0 fully saturated rings. The summed E-state index contributed by atoms with van der Waals surface area (Å²) in [6.07, 6.45) is 2.18. The van der Waals surface area contributed by atoms with Gasteiger partial charge in [0.25, 0.3) is 5.56 Å². The number of benzene rings is 2. The lowest BCUT2D eigenvalue weighted by Crippen LogP contribution is -2.24. The van der Waals surface area contributed by atoms with Crippen molar-refractivity contribution < 1.29 is 9.53 Å². The molecule has 0 bridgehead atoms. The fourth-order valence-electron chi connectivity index (χ4n) is 2.29. The fourth-order valence-corrected chi connectivity index (χ4v) is 2.29. The van der Waals surface area contributed by atoms with E-state index >= 15 is 0 Å². The van der Waals surface area contributed by atoms with Crippen molar-refractivity contribution in [2.45, 2.75) is 6.54 Å². The van der Waals surface area contributed by atoms with Crippen LogP contribution >= 0.6 is 0 Å². The maximum absolute atomic E-state index is 12.5. The average molecular weight is 305 g/mol. The smallest absolute Gasteiger partial charge is 0.265 e. The zero-order valence-corrected chi connectivity index (χ0v) is 12.4. The first-order valence-electron chi connectivity index (χ1n) is 7.23. The highest BCUT2D eigenvalue weighted by Crippen LogP contribution is 2.22. The van der Waals surface area contributed by atoms with Gasteiger partial charge in [-0.3, -0.25) is 9.59 Å². The maximum Gasteiger partial charge on any atom is 0.265 e. The summed E-state index contributed by atoms with van der Waals surface area (Å²) in [6.45, 7) is 0.409. The zero-order chi connectivity index (χ0) is 16.1. The number of rotatable bonds is 5. The normalized spacial score (nSPS) is 10.3. The lowest BCUT2D eigenvalue weighted by Gasteiger charge is -2.11. The van der Waals surface area contributed by atoms with Crippen LogP contribution < -0.4 is 10.3 Å². The molecule has 0 atom stereocenters. The van der Waals surface area contributed by atoms with Crippen LogP contribution in [0.2, 0.25) is 0 Å². The molecule has 0 aliphatic heterocycles. The van der Waals surface area contributed by atoms with Crippen LogP contribution in [0.15, 0.2) is 77.7 Å². The van der Waals surface area contributed by atoms with Gasteiger partial charge in [-0.15, -0.1) is 0 Å². The number of ether oxygens (including phenoxy) is 1. The summed E-state index contributed by atoms with van der Waals surface area (Å²) in [4.78, 5) is 23.8. The van der Waals surface area contributed by atoms with E-state index in [1.54, 1.807) is 24.4 Å². The van der Waals surface area contributed by atoms with Crippen LogP contribution in [0.5, 0.6) is 11.5 Å². The molecule has 3 rings (SSSR count). The number of hydrogen-bond acceptors (Lipinski definition) is 3. The molecular weight excluding hydrogens is 290 g/mol. The second-order valence-corrected chi connectivity index (χ2v) is 5.05. The highest BCUT2D eigenvalue weighted by molar-refractivity contribution is 5.78. The molecule has 23 heavy (non-hydrogen) atoms. The molecule has 114 valence electrons. The number of hydrogen-bond donors (Lipinski definition) is 0. The fraction of sp³-hybridized carbons (Fsp3) is 0.0526. The van der Waals surface area contributed by atoms with E-state index in [1.807, 2.05) is 48.5 Å². The van der Waals surface area contributed by atoms with Crippen LogP contribution in [-0.2, 0) is 6.54 Å². The number of carbonyl (C=O) groups excluding carboxylic acids is 1. The molecule has 0 N–H and O–H groups in total. The molecule has 0 aliphatic rings. The van der Waals surface area contributed by atoms with E-state index in [9.17, 15) is 9.59 Å². The first-order valence-corrected chi connectivity index (χ1v) is 7.23. The third kappa shape index (κ3) is 3.37. The van der Waals surface area contributed by atoms with Crippen LogP contribution in [0.25, 0.3) is 0 Å². The van der Waals surface area contributed by atoms with Crippen molar-refractivity contribution in [1.29, 1.82) is 0 Å². The summed E-state index contributed by atoms with van der Waals surface area (Å²) in [5, 5.41) is 0. The topological polar surface area (TPSA) is 48.3 Å². The Morgan fingerprint density at radius 2 is 1.57 bits per heavy atom. The second-order valence-electron chi connectivity index (χ2n) is 5.05. The second kappa shape index (κ2) is 6.75. The lowest BCUT2D eigenvalue weighted by atomic mass is 10.2. The predicted octanol–water partition coefficient (Wildman–Crippen LogP) is 3.50. The van der Waals surface area contributed by atoms with Gasteiger partial charge >= 0.3 is 0 Å². The van der Waals surface area contributed by atoms with Crippen molar-refractivity contribution in [3.63, 3.8) is 0 Å². The predicted molar refractivity (Wildman–Crippen MR) is 88.1 cm³/mol. The number of carbonyl (C=O) groups is 1. The van der Waals surface area contributed by atoms with Crippen molar-refractivity contribution in [1.82, 2.24) is 4.57 Å². The lowest BCUT2D eigenvalue weighted by molar-refractivity contribution is 0.111. The number of nitrogens with zero attached hydrogens (tertiary/aromatic N) is 1. The molecule has 3 aromatic rings. The molecule has 0 amide bonds. The third-order valence-corrected chi connectivity index (χ3v) is 3.45. The van der Waals surface area contributed by atoms with Crippen LogP contribution in [0.1, 0.15) is 15.9 Å². The Balaban J connectivity index is 1.93. The molecule has 4 heteroatoms. The third-order valence-electron chi connectivity index (χ3n) is 3.45. The summed E-state index contributed by atoms with van der Waals surface area (Å²) in [7, 11) is 0. The molecule has 0 unspecified atom stereocenters. The van der Waals surface area contributed by atoms with Crippen LogP contribution in [0.3, 0.4) is 0 Å². The molecule has 0 radical (unpaired) electrons. The van der Waals surface area contributed by atoms with Crippen molar-refractivity contribution >= 4 is 6.29 Å².